The first-order valence-corrected chi connectivity index (χ1v) is 8.64. The summed E-state index contributed by atoms with van der Waals surface area (Å²) < 4.78 is 27.3. The SMILES string of the molecule is CC(C)(C)C(=O)N1CCc2ccc(NC(=O)Nc3c(F)cccc3F)cc21. The number of rotatable bonds is 2. The number of para-hydroxylation sites is 1. The van der Waals surface area contributed by atoms with E-state index >= 15 is 0 Å². The highest BCUT2D eigenvalue weighted by Crippen LogP contribution is 2.34. The molecular formula is C20H21F2N3O2. The van der Waals surface area contributed by atoms with Gasteiger partial charge >= 0.3 is 6.03 Å². The van der Waals surface area contributed by atoms with E-state index in [1.807, 2.05) is 26.8 Å². The number of nitrogens with zero attached hydrogens (tertiary/aromatic N) is 1. The smallest absolute Gasteiger partial charge is 0.311 e. The van der Waals surface area contributed by atoms with E-state index in [0.29, 0.717) is 12.2 Å². The van der Waals surface area contributed by atoms with Gasteiger partial charge in [-0.2, -0.15) is 0 Å². The van der Waals surface area contributed by atoms with Crippen LogP contribution in [-0.4, -0.2) is 18.5 Å². The number of benzene rings is 2. The second-order valence-corrected chi connectivity index (χ2v) is 7.48. The van der Waals surface area contributed by atoms with E-state index in [1.165, 1.54) is 6.07 Å². The van der Waals surface area contributed by atoms with Gasteiger partial charge in [0.2, 0.25) is 5.91 Å². The molecule has 142 valence electrons. The maximum Gasteiger partial charge on any atom is 0.323 e. The molecule has 0 saturated carbocycles. The molecule has 27 heavy (non-hydrogen) atoms. The molecule has 3 rings (SSSR count). The van der Waals surface area contributed by atoms with Crippen molar-refractivity contribution in [3.63, 3.8) is 0 Å². The fraction of sp³-hybridized carbons (Fsp3) is 0.300. The van der Waals surface area contributed by atoms with Gasteiger partial charge in [0.25, 0.3) is 0 Å². The summed E-state index contributed by atoms with van der Waals surface area (Å²) in [4.78, 5) is 26.5. The van der Waals surface area contributed by atoms with Gasteiger partial charge in [-0.25, -0.2) is 13.6 Å². The lowest BCUT2D eigenvalue weighted by Gasteiger charge is -2.26. The van der Waals surface area contributed by atoms with E-state index in [9.17, 15) is 18.4 Å². The molecule has 5 nitrogen and oxygen atoms in total. The molecule has 0 bridgehead atoms. The number of hydrogen-bond acceptors (Lipinski definition) is 2. The molecular weight excluding hydrogens is 352 g/mol. The maximum absolute atomic E-state index is 13.7. The lowest BCUT2D eigenvalue weighted by Crippen LogP contribution is -2.38. The molecule has 0 atom stereocenters. The molecule has 0 unspecified atom stereocenters. The minimum absolute atomic E-state index is 0.00345. The highest BCUT2D eigenvalue weighted by Gasteiger charge is 2.32. The number of halogens is 2. The van der Waals surface area contributed by atoms with Crippen LogP contribution in [-0.2, 0) is 11.2 Å². The van der Waals surface area contributed by atoms with Crippen molar-refractivity contribution >= 4 is 29.0 Å². The van der Waals surface area contributed by atoms with E-state index in [0.717, 1.165) is 29.8 Å². The Hall–Kier alpha value is -2.96. The molecule has 0 saturated heterocycles. The van der Waals surface area contributed by atoms with Gasteiger partial charge in [-0.3, -0.25) is 4.79 Å². The molecule has 2 aromatic rings. The Kier molecular flexibility index (Phi) is 4.87. The van der Waals surface area contributed by atoms with Gasteiger partial charge in [0.15, 0.2) is 0 Å². The highest BCUT2D eigenvalue weighted by atomic mass is 19.1. The lowest BCUT2D eigenvalue weighted by atomic mass is 9.94. The first kappa shape index (κ1) is 18.8. The number of hydrogen-bond donors (Lipinski definition) is 2. The Bertz CT molecular complexity index is 886. The number of carbonyl (C=O) groups is 2. The summed E-state index contributed by atoms with van der Waals surface area (Å²) in [6.07, 6.45) is 0.740. The van der Waals surface area contributed by atoms with Crippen LogP contribution < -0.4 is 15.5 Å². The van der Waals surface area contributed by atoms with Crippen LogP contribution in [0.2, 0.25) is 0 Å². The molecule has 0 spiro atoms. The van der Waals surface area contributed by atoms with Crippen molar-refractivity contribution < 1.29 is 18.4 Å². The normalized spacial score (nSPS) is 13.3. The van der Waals surface area contributed by atoms with E-state index in [-0.39, 0.29) is 5.91 Å². The Morgan fingerprint density at radius 3 is 2.33 bits per heavy atom. The van der Waals surface area contributed by atoms with Crippen LogP contribution in [0, 0.1) is 17.0 Å². The van der Waals surface area contributed by atoms with Gasteiger partial charge in [-0.1, -0.05) is 32.9 Å². The van der Waals surface area contributed by atoms with Crippen molar-refractivity contribution in [1.29, 1.82) is 0 Å². The summed E-state index contributed by atoms with van der Waals surface area (Å²) in [5.74, 6) is -1.72. The third-order valence-electron chi connectivity index (χ3n) is 4.33. The zero-order valence-electron chi connectivity index (χ0n) is 15.4. The number of anilines is 3. The summed E-state index contributed by atoms with van der Waals surface area (Å²) in [5.41, 5.74) is 1.14. The van der Waals surface area contributed by atoms with E-state index < -0.39 is 28.8 Å². The van der Waals surface area contributed by atoms with Crippen LogP contribution in [0.15, 0.2) is 36.4 Å². The van der Waals surface area contributed by atoms with Gasteiger partial charge in [-0.15, -0.1) is 0 Å². The first-order chi connectivity index (χ1) is 12.7. The van der Waals surface area contributed by atoms with Gasteiger partial charge in [-0.05, 0) is 36.2 Å². The maximum atomic E-state index is 13.7. The summed E-state index contributed by atoms with van der Waals surface area (Å²) in [7, 11) is 0. The third kappa shape index (κ3) is 3.92. The third-order valence-corrected chi connectivity index (χ3v) is 4.33. The predicted molar refractivity (Wildman–Crippen MR) is 101 cm³/mol. The van der Waals surface area contributed by atoms with Crippen molar-refractivity contribution in [3.8, 4) is 0 Å². The summed E-state index contributed by atoms with van der Waals surface area (Å²) in [6.45, 7) is 6.14. The standard InChI is InChI=1S/C20H21F2N3O2/c1-20(2,3)18(26)25-10-9-12-7-8-13(11-16(12)25)23-19(27)24-17-14(21)5-4-6-15(17)22/h4-8,11H,9-10H2,1-3H3,(H2,23,24,27). The average Bonchev–Trinajstić information content (AvgIpc) is 3.00. The quantitative estimate of drug-likeness (QED) is 0.812. The molecule has 3 amide bonds. The minimum atomic E-state index is -0.860. The van der Waals surface area contributed by atoms with Crippen LogP contribution >= 0.6 is 0 Å². The fourth-order valence-electron chi connectivity index (χ4n) is 2.97. The van der Waals surface area contributed by atoms with Crippen molar-refractivity contribution in [2.75, 3.05) is 22.1 Å². The zero-order valence-corrected chi connectivity index (χ0v) is 15.4. The van der Waals surface area contributed by atoms with Crippen molar-refractivity contribution in [3.05, 3.63) is 53.6 Å². The monoisotopic (exact) mass is 373 g/mol. The van der Waals surface area contributed by atoms with Crippen LogP contribution in [0.3, 0.4) is 0 Å². The molecule has 7 heteroatoms. The Balaban J connectivity index is 1.78. The van der Waals surface area contributed by atoms with E-state index in [4.69, 9.17) is 0 Å². The molecule has 0 fully saturated rings. The first-order valence-electron chi connectivity index (χ1n) is 8.64. The summed E-state index contributed by atoms with van der Waals surface area (Å²) in [6, 6.07) is 7.80. The number of nitrogens with one attached hydrogen (secondary N) is 2. The van der Waals surface area contributed by atoms with Crippen molar-refractivity contribution in [1.82, 2.24) is 0 Å². The average molecular weight is 373 g/mol. The van der Waals surface area contributed by atoms with Gasteiger partial charge in [0.05, 0.1) is 0 Å². The Morgan fingerprint density at radius 1 is 1.04 bits per heavy atom. The molecule has 0 aromatic heterocycles. The Labute approximate surface area is 156 Å². The number of fused-ring (bicyclic) bond motifs is 1. The van der Waals surface area contributed by atoms with Gasteiger partial charge in [0, 0.05) is 23.3 Å². The second-order valence-electron chi connectivity index (χ2n) is 7.48. The summed E-state index contributed by atoms with van der Waals surface area (Å²) in [5, 5.41) is 4.72. The largest absolute Gasteiger partial charge is 0.323 e. The van der Waals surface area contributed by atoms with Crippen LogP contribution in [0.4, 0.5) is 30.6 Å². The zero-order chi connectivity index (χ0) is 19.8. The molecule has 2 N–H and O–H groups in total. The van der Waals surface area contributed by atoms with Crippen LogP contribution in [0.25, 0.3) is 0 Å². The Morgan fingerprint density at radius 2 is 1.70 bits per heavy atom. The van der Waals surface area contributed by atoms with E-state index in [2.05, 4.69) is 10.6 Å². The number of carbonyl (C=O) groups excluding carboxylic acids is 2. The topological polar surface area (TPSA) is 61.4 Å². The van der Waals surface area contributed by atoms with Crippen molar-refractivity contribution in [2.45, 2.75) is 27.2 Å². The van der Waals surface area contributed by atoms with Gasteiger partial charge in [0.1, 0.15) is 17.3 Å². The van der Waals surface area contributed by atoms with Gasteiger partial charge < -0.3 is 15.5 Å². The number of urea groups is 1. The highest BCUT2D eigenvalue weighted by molar-refractivity contribution is 6.02. The van der Waals surface area contributed by atoms with Crippen LogP contribution in [0.1, 0.15) is 26.3 Å². The fourth-order valence-corrected chi connectivity index (χ4v) is 2.97. The lowest BCUT2D eigenvalue weighted by molar-refractivity contribution is -0.125. The molecule has 1 aliphatic rings. The molecule has 2 aromatic carbocycles. The molecule has 0 aliphatic carbocycles. The molecule has 1 heterocycles. The minimum Gasteiger partial charge on any atom is -0.311 e. The van der Waals surface area contributed by atoms with E-state index in [1.54, 1.807) is 17.0 Å². The second kappa shape index (κ2) is 6.98. The molecule has 1 aliphatic heterocycles. The predicted octanol–water partition coefficient (Wildman–Crippen LogP) is 4.54. The van der Waals surface area contributed by atoms with Crippen LogP contribution in [0.5, 0.6) is 0 Å². The van der Waals surface area contributed by atoms with Crippen molar-refractivity contribution in [2.24, 2.45) is 5.41 Å². The summed E-state index contributed by atoms with van der Waals surface area (Å²) >= 11 is 0. The molecule has 0 radical (unpaired) electrons. The number of amides is 3.